The maximum atomic E-state index is 13.0. The molecular formula is C21H17FN2O3. The quantitative estimate of drug-likeness (QED) is 0.690. The summed E-state index contributed by atoms with van der Waals surface area (Å²) in [6.45, 7) is 0. The van der Waals surface area contributed by atoms with Gasteiger partial charge >= 0.3 is 0 Å². The van der Waals surface area contributed by atoms with Crippen molar-refractivity contribution < 1.29 is 18.4 Å². The molecule has 1 saturated carbocycles. The normalized spacial score (nSPS) is 13.2. The number of anilines is 2. The molecule has 136 valence electrons. The van der Waals surface area contributed by atoms with Crippen LogP contribution in [-0.4, -0.2) is 11.8 Å². The standard InChI is InChI=1S/C21H17FN2O3/c22-15-8-6-13(7-9-15)18-10-11-19(27-18)21(26)24-17-3-1-2-16(12-17)23-20(25)14-4-5-14/h1-3,6-12,14H,4-5H2,(H,23,25)(H,24,26). The number of rotatable bonds is 5. The van der Waals surface area contributed by atoms with Crippen molar-refractivity contribution in [3.63, 3.8) is 0 Å². The molecule has 1 heterocycles. The summed E-state index contributed by atoms with van der Waals surface area (Å²) in [5, 5.41) is 5.59. The van der Waals surface area contributed by atoms with Crippen molar-refractivity contribution in [2.75, 3.05) is 10.6 Å². The molecule has 1 fully saturated rings. The first-order valence-electron chi connectivity index (χ1n) is 8.66. The number of furan rings is 1. The predicted molar refractivity (Wildman–Crippen MR) is 99.9 cm³/mol. The number of carbonyl (C=O) groups excluding carboxylic acids is 2. The molecule has 1 aromatic heterocycles. The first-order valence-corrected chi connectivity index (χ1v) is 8.66. The van der Waals surface area contributed by atoms with Crippen LogP contribution in [0.2, 0.25) is 0 Å². The van der Waals surface area contributed by atoms with Crippen LogP contribution < -0.4 is 10.6 Å². The highest BCUT2D eigenvalue weighted by Crippen LogP contribution is 2.30. The van der Waals surface area contributed by atoms with E-state index in [1.165, 1.54) is 12.1 Å². The lowest BCUT2D eigenvalue weighted by Crippen LogP contribution is -2.14. The lowest BCUT2D eigenvalue weighted by Gasteiger charge is -2.07. The molecule has 1 aliphatic rings. The summed E-state index contributed by atoms with van der Waals surface area (Å²) in [6, 6.07) is 16.0. The SMILES string of the molecule is O=C(Nc1cccc(NC(=O)C2CC2)c1)c1ccc(-c2ccc(F)cc2)o1. The zero-order chi connectivity index (χ0) is 18.8. The Balaban J connectivity index is 1.44. The van der Waals surface area contributed by atoms with Crippen LogP contribution in [0.15, 0.2) is 65.1 Å². The predicted octanol–water partition coefficient (Wildman–Crippen LogP) is 4.69. The smallest absolute Gasteiger partial charge is 0.291 e. The number of hydrogen-bond acceptors (Lipinski definition) is 3. The number of carbonyl (C=O) groups is 2. The van der Waals surface area contributed by atoms with Gasteiger partial charge in [0.25, 0.3) is 5.91 Å². The van der Waals surface area contributed by atoms with Crippen molar-refractivity contribution in [3.8, 4) is 11.3 Å². The van der Waals surface area contributed by atoms with Crippen LogP contribution in [0.4, 0.5) is 15.8 Å². The lowest BCUT2D eigenvalue weighted by atomic mass is 10.2. The topological polar surface area (TPSA) is 71.3 Å². The van der Waals surface area contributed by atoms with E-state index in [2.05, 4.69) is 10.6 Å². The molecule has 2 aromatic carbocycles. The van der Waals surface area contributed by atoms with Gasteiger partial charge in [-0.2, -0.15) is 0 Å². The minimum Gasteiger partial charge on any atom is -0.451 e. The summed E-state index contributed by atoms with van der Waals surface area (Å²) in [4.78, 5) is 24.3. The molecular weight excluding hydrogens is 347 g/mol. The fourth-order valence-electron chi connectivity index (χ4n) is 2.69. The summed E-state index contributed by atoms with van der Waals surface area (Å²) in [6.07, 6.45) is 1.86. The molecule has 4 rings (SSSR count). The highest BCUT2D eigenvalue weighted by Gasteiger charge is 2.29. The van der Waals surface area contributed by atoms with Gasteiger partial charge in [0.2, 0.25) is 5.91 Å². The number of hydrogen-bond donors (Lipinski definition) is 2. The van der Waals surface area contributed by atoms with Crippen molar-refractivity contribution in [1.82, 2.24) is 0 Å². The third-order valence-electron chi connectivity index (χ3n) is 4.29. The molecule has 0 radical (unpaired) electrons. The first kappa shape index (κ1) is 17.0. The van der Waals surface area contributed by atoms with Crippen LogP contribution in [0, 0.1) is 11.7 Å². The molecule has 3 aromatic rings. The average Bonchev–Trinajstić information content (AvgIpc) is 3.40. The Labute approximate surface area is 155 Å². The third kappa shape index (κ3) is 4.06. The fraction of sp³-hybridized carbons (Fsp3) is 0.143. The maximum Gasteiger partial charge on any atom is 0.291 e. The van der Waals surface area contributed by atoms with E-state index in [4.69, 9.17) is 4.42 Å². The van der Waals surface area contributed by atoms with Gasteiger partial charge in [0, 0.05) is 22.9 Å². The Morgan fingerprint density at radius 1 is 0.926 bits per heavy atom. The van der Waals surface area contributed by atoms with Crippen molar-refractivity contribution in [2.24, 2.45) is 5.92 Å². The lowest BCUT2D eigenvalue weighted by molar-refractivity contribution is -0.117. The Bertz CT molecular complexity index is 991. The number of amides is 2. The molecule has 0 bridgehead atoms. The van der Waals surface area contributed by atoms with E-state index in [-0.39, 0.29) is 23.4 Å². The van der Waals surface area contributed by atoms with Crippen molar-refractivity contribution in [3.05, 3.63) is 72.2 Å². The van der Waals surface area contributed by atoms with Crippen LogP contribution in [0.5, 0.6) is 0 Å². The largest absolute Gasteiger partial charge is 0.451 e. The summed E-state index contributed by atoms with van der Waals surface area (Å²) in [7, 11) is 0. The van der Waals surface area contributed by atoms with E-state index < -0.39 is 5.91 Å². The number of benzene rings is 2. The highest BCUT2D eigenvalue weighted by molar-refractivity contribution is 6.03. The van der Waals surface area contributed by atoms with E-state index in [9.17, 15) is 14.0 Å². The van der Waals surface area contributed by atoms with E-state index >= 15 is 0 Å². The average molecular weight is 364 g/mol. The maximum absolute atomic E-state index is 13.0. The van der Waals surface area contributed by atoms with Crippen molar-refractivity contribution >= 4 is 23.2 Å². The summed E-state index contributed by atoms with van der Waals surface area (Å²) >= 11 is 0. The third-order valence-corrected chi connectivity index (χ3v) is 4.29. The van der Waals surface area contributed by atoms with E-state index in [0.29, 0.717) is 22.7 Å². The molecule has 27 heavy (non-hydrogen) atoms. The molecule has 2 N–H and O–H groups in total. The zero-order valence-corrected chi connectivity index (χ0v) is 14.4. The van der Waals surface area contributed by atoms with Crippen LogP contribution in [0.25, 0.3) is 11.3 Å². The second-order valence-corrected chi connectivity index (χ2v) is 6.47. The van der Waals surface area contributed by atoms with Crippen LogP contribution in [0.3, 0.4) is 0 Å². The van der Waals surface area contributed by atoms with Gasteiger partial charge in [-0.05, 0) is 67.4 Å². The van der Waals surface area contributed by atoms with Gasteiger partial charge in [0.05, 0.1) is 0 Å². The second-order valence-electron chi connectivity index (χ2n) is 6.47. The first-order chi connectivity index (χ1) is 13.1. The zero-order valence-electron chi connectivity index (χ0n) is 14.4. The van der Waals surface area contributed by atoms with E-state index in [1.54, 1.807) is 48.5 Å². The second kappa shape index (κ2) is 7.07. The van der Waals surface area contributed by atoms with Crippen molar-refractivity contribution in [2.45, 2.75) is 12.8 Å². The number of nitrogens with one attached hydrogen (secondary N) is 2. The molecule has 0 saturated heterocycles. The van der Waals surface area contributed by atoms with Gasteiger partial charge in [-0.3, -0.25) is 9.59 Å². The van der Waals surface area contributed by atoms with Gasteiger partial charge in [0.1, 0.15) is 11.6 Å². The Morgan fingerprint density at radius 3 is 2.33 bits per heavy atom. The Morgan fingerprint density at radius 2 is 1.63 bits per heavy atom. The Kier molecular flexibility index (Phi) is 4.46. The molecule has 1 aliphatic carbocycles. The highest BCUT2D eigenvalue weighted by atomic mass is 19.1. The van der Waals surface area contributed by atoms with Crippen LogP contribution >= 0.6 is 0 Å². The number of halogens is 1. The van der Waals surface area contributed by atoms with Crippen molar-refractivity contribution in [1.29, 1.82) is 0 Å². The molecule has 5 nitrogen and oxygen atoms in total. The summed E-state index contributed by atoms with van der Waals surface area (Å²) in [5.41, 5.74) is 1.87. The summed E-state index contributed by atoms with van der Waals surface area (Å²) in [5.74, 6) is -0.0111. The minimum absolute atomic E-state index is 0.00782. The molecule has 0 aliphatic heterocycles. The van der Waals surface area contributed by atoms with Crippen LogP contribution in [-0.2, 0) is 4.79 Å². The minimum atomic E-state index is -0.408. The Hall–Kier alpha value is -3.41. The fourth-order valence-corrected chi connectivity index (χ4v) is 2.69. The van der Waals surface area contributed by atoms with Gasteiger partial charge < -0.3 is 15.1 Å². The van der Waals surface area contributed by atoms with Gasteiger partial charge in [0.15, 0.2) is 5.76 Å². The molecule has 0 unspecified atom stereocenters. The van der Waals surface area contributed by atoms with E-state index in [0.717, 1.165) is 12.8 Å². The molecule has 0 atom stereocenters. The van der Waals surface area contributed by atoms with Crippen LogP contribution in [0.1, 0.15) is 23.4 Å². The molecule has 2 amide bonds. The van der Waals surface area contributed by atoms with E-state index in [1.807, 2.05) is 0 Å². The monoisotopic (exact) mass is 364 g/mol. The molecule has 0 spiro atoms. The van der Waals surface area contributed by atoms with Gasteiger partial charge in [-0.15, -0.1) is 0 Å². The van der Waals surface area contributed by atoms with Gasteiger partial charge in [-0.1, -0.05) is 6.07 Å². The molecule has 6 heteroatoms. The summed E-state index contributed by atoms with van der Waals surface area (Å²) < 4.78 is 18.6. The van der Waals surface area contributed by atoms with Gasteiger partial charge in [-0.25, -0.2) is 4.39 Å².